The lowest BCUT2D eigenvalue weighted by Gasteiger charge is -2.34. The number of piperidine rings is 1. The molecular formula is C21H31N4OPS. The molecule has 7 heteroatoms. The van der Waals surface area contributed by atoms with E-state index in [0.29, 0.717) is 0 Å². The van der Waals surface area contributed by atoms with E-state index in [1.54, 1.807) is 11.8 Å². The van der Waals surface area contributed by atoms with E-state index in [4.69, 9.17) is 15.0 Å². The standard InChI is InChI=1S/C21H31N4OPS/c1-5-13(4)22-16-12-17(27)19-18(15(16)6-2)20(24-21(23-19)28-7-3)25-10-8-14(26)9-11-25/h6,12-14,26H,5,7-11,27H2,1-4H3/b15-6+,22-16?. The Morgan fingerprint density at radius 1 is 1.36 bits per heavy atom. The first-order valence-electron chi connectivity index (χ1n) is 10.2. The van der Waals surface area contributed by atoms with Gasteiger partial charge in [0.05, 0.1) is 23.1 Å². The van der Waals surface area contributed by atoms with Gasteiger partial charge < -0.3 is 10.0 Å². The van der Waals surface area contributed by atoms with Crippen LogP contribution in [0.4, 0.5) is 5.82 Å². The fourth-order valence-corrected chi connectivity index (χ4v) is 4.47. The average molecular weight is 419 g/mol. The molecule has 2 aliphatic rings. The van der Waals surface area contributed by atoms with E-state index in [1.165, 1.54) is 0 Å². The normalized spacial score (nSPS) is 21.8. The SMILES string of the molecule is C/C=C1\C(=NC(C)CC)C=C(P)c2nc(SCC)nc(N3CCC(O)CC3)c21. The van der Waals surface area contributed by atoms with E-state index in [-0.39, 0.29) is 12.1 Å². The quantitative estimate of drug-likeness (QED) is 0.436. The summed E-state index contributed by atoms with van der Waals surface area (Å²) in [6.07, 6.45) is 6.61. The maximum atomic E-state index is 9.95. The molecule has 1 aromatic heterocycles. The van der Waals surface area contributed by atoms with Gasteiger partial charge in [0.1, 0.15) is 5.82 Å². The van der Waals surface area contributed by atoms with Gasteiger partial charge in [0.15, 0.2) is 5.16 Å². The Bertz CT molecular complexity index is 813. The van der Waals surface area contributed by atoms with Gasteiger partial charge in [-0.05, 0) is 50.3 Å². The van der Waals surface area contributed by atoms with Gasteiger partial charge in [-0.25, -0.2) is 9.97 Å². The van der Waals surface area contributed by atoms with Crippen molar-refractivity contribution in [2.24, 2.45) is 4.99 Å². The van der Waals surface area contributed by atoms with Crippen molar-refractivity contribution in [1.29, 1.82) is 0 Å². The van der Waals surface area contributed by atoms with Crippen LogP contribution in [0.5, 0.6) is 0 Å². The van der Waals surface area contributed by atoms with Crippen molar-refractivity contribution in [3.63, 3.8) is 0 Å². The molecule has 0 aromatic carbocycles. The minimum Gasteiger partial charge on any atom is -0.393 e. The number of hydrogen-bond acceptors (Lipinski definition) is 6. The molecule has 0 saturated carbocycles. The van der Waals surface area contributed by atoms with Crippen LogP contribution < -0.4 is 4.90 Å². The molecule has 28 heavy (non-hydrogen) atoms. The Morgan fingerprint density at radius 3 is 2.68 bits per heavy atom. The number of nitrogens with zero attached hydrogens (tertiary/aromatic N) is 4. The molecule has 0 spiro atoms. The van der Waals surface area contributed by atoms with Crippen molar-refractivity contribution < 1.29 is 5.11 Å². The Morgan fingerprint density at radius 2 is 2.07 bits per heavy atom. The molecule has 2 heterocycles. The lowest BCUT2D eigenvalue weighted by Crippen LogP contribution is -2.37. The van der Waals surface area contributed by atoms with Crippen LogP contribution in [0.1, 0.15) is 58.2 Å². The summed E-state index contributed by atoms with van der Waals surface area (Å²) in [6.45, 7) is 10.1. The lowest BCUT2D eigenvalue weighted by molar-refractivity contribution is 0.145. The number of rotatable bonds is 5. The van der Waals surface area contributed by atoms with Crippen molar-refractivity contribution in [2.45, 2.75) is 64.3 Å². The fraction of sp³-hybridized carbons (Fsp3) is 0.571. The van der Waals surface area contributed by atoms with Gasteiger partial charge in [-0.2, -0.15) is 0 Å². The molecule has 1 aliphatic heterocycles. The van der Waals surface area contributed by atoms with Gasteiger partial charge in [-0.3, -0.25) is 4.99 Å². The fourth-order valence-electron chi connectivity index (χ4n) is 3.54. The molecule has 5 nitrogen and oxygen atoms in total. The summed E-state index contributed by atoms with van der Waals surface area (Å²) in [5.74, 6) is 1.91. The molecule has 3 rings (SSSR count). The summed E-state index contributed by atoms with van der Waals surface area (Å²) in [4.78, 5) is 17.1. The minimum absolute atomic E-state index is 0.209. The number of fused-ring (bicyclic) bond motifs is 1. The zero-order valence-electron chi connectivity index (χ0n) is 17.3. The number of thioether (sulfide) groups is 1. The molecule has 1 aromatic rings. The molecule has 1 fully saturated rings. The van der Waals surface area contributed by atoms with Crippen LogP contribution in [0.2, 0.25) is 0 Å². The molecule has 2 atom stereocenters. The highest BCUT2D eigenvalue weighted by Gasteiger charge is 2.29. The van der Waals surface area contributed by atoms with Gasteiger partial charge in [0.2, 0.25) is 0 Å². The Labute approximate surface area is 175 Å². The second-order valence-corrected chi connectivity index (χ2v) is 9.13. The van der Waals surface area contributed by atoms with Gasteiger partial charge in [0.25, 0.3) is 0 Å². The summed E-state index contributed by atoms with van der Waals surface area (Å²) in [7, 11) is 2.84. The third kappa shape index (κ3) is 4.50. The number of aliphatic hydroxyl groups is 1. The predicted molar refractivity (Wildman–Crippen MR) is 124 cm³/mol. The van der Waals surface area contributed by atoms with Crippen molar-refractivity contribution in [1.82, 2.24) is 9.97 Å². The topological polar surface area (TPSA) is 61.6 Å². The highest BCUT2D eigenvalue weighted by Crippen LogP contribution is 2.41. The van der Waals surface area contributed by atoms with Crippen LogP contribution in [0.25, 0.3) is 10.9 Å². The molecule has 0 radical (unpaired) electrons. The largest absolute Gasteiger partial charge is 0.393 e. The first-order valence-corrected chi connectivity index (χ1v) is 11.7. The summed E-state index contributed by atoms with van der Waals surface area (Å²) < 4.78 is 0. The summed E-state index contributed by atoms with van der Waals surface area (Å²) in [5, 5.41) is 11.8. The van der Waals surface area contributed by atoms with Crippen LogP contribution in [-0.2, 0) is 0 Å². The van der Waals surface area contributed by atoms with Gasteiger partial charge >= 0.3 is 0 Å². The number of anilines is 1. The van der Waals surface area contributed by atoms with Crippen molar-refractivity contribution in [3.05, 3.63) is 23.4 Å². The number of hydrogen-bond donors (Lipinski definition) is 1. The second-order valence-electron chi connectivity index (χ2n) is 7.28. The van der Waals surface area contributed by atoms with Crippen LogP contribution in [-0.4, -0.2) is 51.8 Å². The molecule has 152 valence electrons. The lowest BCUT2D eigenvalue weighted by atomic mass is 9.92. The van der Waals surface area contributed by atoms with Crippen LogP contribution >= 0.6 is 21.0 Å². The van der Waals surface area contributed by atoms with E-state index in [1.807, 2.05) is 0 Å². The van der Waals surface area contributed by atoms with Gasteiger partial charge in [-0.1, -0.05) is 31.7 Å². The number of allylic oxidation sites excluding steroid dienone is 3. The van der Waals surface area contributed by atoms with Gasteiger partial charge in [0, 0.05) is 24.7 Å². The third-order valence-corrected chi connectivity index (χ3v) is 6.43. The van der Waals surface area contributed by atoms with Crippen LogP contribution in [0.15, 0.2) is 22.3 Å². The van der Waals surface area contributed by atoms with Crippen molar-refractivity contribution in [2.75, 3.05) is 23.7 Å². The molecular weight excluding hydrogens is 387 g/mol. The zero-order valence-corrected chi connectivity index (χ0v) is 19.2. The molecule has 0 bridgehead atoms. The van der Waals surface area contributed by atoms with Gasteiger partial charge in [-0.15, -0.1) is 9.24 Å². The van der Waals surface area contributed by atoms with E-state index in [9.17, 15) is 5.11 Å². The second kappa shape index (κ2) is 9.51. The molecule has 1 saturated heterocycles. The number of aliphatic hydroxyl groups excluding tert-OH is 1. The number of aromatic nitrogens is 2. The molecule has 0 amide bonds. The van der Waals surface area contributed by atoms with E-state index in [0.717, 1.165) is 76.9 Å². The maximum absolute atomic E-state index is 9.95. The van der Waals surface area contributed by atoms with E-state index >= 15 is 0 Å². The van der Waals surface area contributed by atoms with Crippen LogP contribution in [0, 0.1) is 0 Å². The first kappa shape index (κ1) is 21.5. The summed E-state index contributed by atoms with van der Waals surface area (Å²) >= 11 is 1.67. The van der Waals surface area contributed by atoms with Crippen molar-refractivity contribution in [3.8, 4) is 0 Å². The first-order chi connectivity index (χ1) is 13.5. The Balaban J connectivity index is 2.17. The van der Waals surface area contributed by atoms with Crippen molar-refractivity contribution >= 4 is 43.4 Å². The Hall–Kier alpha value is -1.23. The molecule has 2 unspecified atom stereocenters. The number of aliphatic imine (C=N–C) groups is 1. The average Bonchev–Trinajstić information content (AvgIpc) is 2.69. The Kier molecular flexibility index (Phi) is 7.30. The predicted octanol–water partition coefficient (Wildman–Crippen LogP) is 4.42. The van der Waals surface area contributed by atoms with E-state index in [2.05, 4.69) is 54.0 Å². The highest BCUT2D eigenvalue weighted by molar-refractivity contribution is 7.99. The van der Waals surface area contributed by atoms with Crippen LogP contribution in [0.3, 0.4) is 0 Å². The molecule has 1 N–H and O–H groups in total. The molecule has 1 aliphatic carbocycles. The smallest absolute Gasteiger partial charge is 0.190 e. The monoisotopic (exact) mass is 418 g/mol. The van der Waals surface area contributed by atoms with E-state index < -0.39 is 0 Å². The minimum atomic E-state index is -0.209. The third-order valence-electron chi connectivity index (χ3n) is 5.26. The maximum Gasteiger partial charge on any atom is 0.190 e. The zero-order chi connectivity index (χ0) is 20.3. The summed E-state index contributed by atoms with van der Waals surface area (Å²) in [6, 6.07) is 0.268. The highest BCUT2D eigenvalue weighted by atomic mass is 32.2. The summed E-state index contributed by atoms with van der Waals surface area (Å²) in [5.41, 5.74) is 4.17.